The highest BCUT2D eigenvalue weighted by atomic mass is 15.1. The highest BCUT2D eigenvalue weighted by molar-refractivity contribution is 6.04. The molecule has 12 rings (SSSR count). The maximum Gasteiger partial charge on any atom is 0.0468 e. The third kappa shape index (κ3) is 4.75. The van der Waals surface area contributed by atoms with Crippen LogP contribution in [0.4, 0.5) is 17.1 Å². The molecule has 60 heavy (non-hydrogen) atoms. The Labute approximate surface area is 354 Å². The minimum atomic E-state index is -0.184. The summed E-state index contributed by atoms with van der Waals surface area (Å²) in [5.41, 5.74) is 22.4. The Morgan fingerprint density at radius 3 is 1.52 bits per heavy atom. The molecule has 3 aliphatic rings. The normalized spacial score (nSPS) is 15.7. The van der Waals surface area contributed by atoms with E-state index in [0.29, 0.717) is 0 Å². The summed E-state index contributed by atoms with van der Waals surface area (Å²) < 4.78 is 0. The standard InChI is InChI=1S/C59H49N/c1-34-23-35(2)25-43(24-34)60(41-19-17-39-28-47-46-27-37-14-9-10-15-38(37)29-51(46)58(5,6)52(47)30-40(39)26-41)42-20-21-45-48-32-55-49(33-54(48)59(7,8)53(45)31-42)56-44-16-12-11-13-36(44)18-22-50(56)57(55,3)4/h9-33H,1-8H3. The molecule has 0 radical (unpaired) electrons. The Kier molecular flexibility index (Phi) is 7.01. The molecule has 0 unspecified atom stereocenters. The van der Waals surface area contributed by atoms with Gasteiger partial charge in [-0.3, -0.25) is 0 Å². The molecule has 1 heteroatoms. The Morgan fingerprint density at radius 2 is 0.800 bits per heavy atom. The van der Waals surface area contributed by atoms with Gasteiger partial charge in [0.05, 0.1) is 0 Å². The minimum absolute atomic E-state index is 0.0846. The number of hydrogen-bond donors (Lipinski definition) is 0. The topological polar surface area (TPSA) is 3.24 Å². The Morgan fingerprint density at radius 1 is 0.317 bits per heavy atom. The number of benzene rings is 9. The van der Waals surface area contributed by atoms with E-state index in [4.69, 9.17) is 0 Å². The molecule has 3 aliphatic carbocycles. The SMILES string of the molecule is Cc1cc(C)cc(N(c2ccc3c(c2)C(C)(C)c2cc4c(cc2-3)C(C)(C)c2ccc3ccccc3c2-4)c2ccc3cc4c(cc3c2)C(C)(C)c2cc3ccccc3cc2-4)c1. The van der Waals surface area contributed by atoms with Gasteiger partial charge in [0.25, 0.3) is 0 Å². The first-order valence-electron chi connectivity index (χ1n) is 21.7. The van der Waals surface area contributed by atoms with Crippen molar-refractivity contribution < 1.29 is 0 Å². The van der Waals surface area contributed by atoms with Crippen molar-refractivity contribution in [2.45, 2.75) is 71.6 Å². The summed E-state index contributed by atoms with van der Waals surface area (Å²) >= 11 is 0. The summed E-state index contributed by atoms with van der Waals surface area (Å²) in [6.07, 6.45) is 0. The predicted octanol–water partition coefficient (Wildman–Crippen LogP) is 16.2. The van der Waals surface area contributed by atoms with E-state index < -0.39 is 0 Å². The maximum atomic E-state index is 2.55. The van der Waals surface area contributed by atoms with Crippen LogP contribution in [0.15, 0.2) is 152 Å². The van der Waals surface area contributed by atoms with Crippen LogP contribution in [0.1, 0.15) is 86.1 Å². The highest BCUT2D eigenvalue weighted by Crippen LogP contribution is 2.58. The van der Waals surface area contributed by atoms with Gasteiger partial charge in [-0.1, -0.05) is 120 Å². The lowest BCUT2D eigenvalue weighted by Crippen LogP contribution is -2.17. The monoisotopic (exact) mass is 771 g/mol. The van der Waals surface area contributed by atoms with E-state index in [2.05, 4.69) is 212 Å². The third-order valence-electron chi connectivity index (χ3n) is 14.8. The molecule has 1 nitrogen and oxygen atoms in total. The molecule has 0 amide bonds. The van der Waals surface area contributed by atoms with Crippen LogP contribution in [0.5, 0.6) is 0 Å². The van der Waals surface area contributed by atoms with Gasteiger partial charge in [-0.05, 0) is 197 Å². The van der Waals surface area contributed by atoms with Crippen molar-refractivity contribution in [1.29, 1.82) is 0 Å². The van der Waals surface area contributed by atoms with Gasteiger partial charge >= 0.3 is 0 Å². The fraction of sp³-hybridized carbons (Fsp3) is 0.186. The number of nitrogens with zero attached hydrogens (tertiary/aromatic N) is 1. The number of anilines is 3. The first-order chi connectivity index (χ1) is 28.8. The van der Waals surface area contributed by atoms with Crippen molar-refractivity contribution in [1.82, 2.24) is 0 Å². The first kappa shape index (κ1) is 35.5. The molecular weight excluding hydrogens is 723 g/mol. The number of rotatable bonds is 3. The van der Waals surface area contributed by atoms with Crippen molar-refractivity contribution in [2.75, 3.05) is 4.90 Å². The molecule has 0 N–H and O–H groups in total. The van der Waals surface area contributed by atoms with Gasteiger partial charge in [0.2, 0.25) is 0 Å². The maximum absolute atomic E-state index is 2.55. The lowest BCUT2D eigenvalue weighted by molar-refractivity contribution is 0.652. The van der Waals surface area contributed by atoms with Gasteiger partial charge < -0.3 is 4.90 Å². The summed E-state index contributed by atoms with van der Waals surface area (Å²) in [5.74, 6) is 0. The first-order valence-corrected chi connectivity index (χ1v) is 21.7. The number of hydrogen-bond acceptors (Lipinski definition) is 1. The summed E-state index contributed by atoms with van der Waals surface area (Å²) in [4.78, 5) is 2.49. The second-order valence-corrected chi connectivity index (χ2v) is 19.6. The van der Waals surface area contributed by atoms with Crippen LogP contribution in [-0.4, -0.2) is 0 Å². The molecule has 0 bridgehead atoms. The second-order valence-electron chi connectivity index (χ2n) is 19.6. The fourth-order valence-corrected chi connectivity index (χ4v) is 11.7. The molecule has 0 aliphatic heterocycles. The van der Waals surface area contributed by atoms with E-state index in [9.17, 15) is 0 Å². The summed E-state index contributed by atoms with van der Waals surface area (Å²) in [7, 11) is 0. The van der Waals surface area contributed by atoms with Gasteiger partial charge in [-0.15, -0.1) is 0 Å². The van der Waals surface area contributed by atoms with Crippen molar-refractivity contribution in [2.24, 2.45) is 0 Å². The van der Waals surface area contributed by atoms with Crippen LogP contribution in [0, 0.1) is 13.8 Å². The highest BCUT2D eigenvalue weighted by Gasteiger charge is 2.43. The largest absolute Gasteiger partial charge is 0.310 e. The summed E-state index contributed by atoms with van der Waals surface area (Å²) in [5, 5.41) is 7.80. The van der Waals surface area contributed by atoms with Crippen molar-refractivity contribution >= 4 is 49.4 Å². The van der Waals surface area contributed by atoms with E-state index in [1.54, 1.807) is 0 Å². The molecular formula is C59H49N. The van der Waals surface area contributed by atoms with Crippen LogP contribution >= 0.6 is 0 Å². The van der Waals surface area contributed by atoms with Gasteiger partial charge in [0, 0.05) is 33.3 Å². The zero-order valence-corrected chi connectivity index (χ0v) is 35.9. The summed E-state index contributed by atoms with van der Waals surface area (Å²) in [6, 6.07) is 58.5. The molecule has 0 fully saturated rings. The molecule has 0 spiro atoms. The van der Waals surface area contributed by atoms with Crippen LogP contribution in [0.3, 0.4) is 0 Å². The lowest BCUT2D eigenvalue weighted by Gasteiger charge is -2.29. The molecule has 0 heterocycles. The zero-order chi connectivity index (χ0) is 41.0. The molecule has 0 aromatic heterocycles. The minimum Gasteiger partial charge on any atom is -0.310 e. The lowest BCUT2D eigenvalue weighted by atomic mass is 9.79. The Balaban J connectivity index is 1.01. The average molecular weight is 772 g/mol. The van der Waals surface area contributed by atoms with E-state index in [1.807, 2.05) is 0 Å². The Hall–Kier alpha value is -6.44. The molecule has 0 saturated carbocycles. The van der Waals surface area contributed by atoms with Gasteiger partial charge in [0.1, 0.15) is 0 Å². The van der Waals surface area contributed by atoms with Crippen LogP contribution < -0.4 is 4.90 Å². The third-order valence-corrected chi connectivity index (χ3v) is 14.8. The van der Waals surface area contributed by atoms with E-state index in [-0.39, 0.29) is 16.2 Å². The van der Waals surface area contributed by atoms with Crippen molar-refractivity contribution in [3.8, 4) is 33.4 Å². The van der Waals surface area contributed by atoms with E-state index >= 15 is 0 Å². The van der Waals surface area contributed by atoms with Crippen molar-refractivity contribution in [3.05, 3.63) is 196 Å². The number of fused-ring (bicyclic) bond motifs is 13. The molecule has 9 aromatic rings. The molecule has 290 valence electrons. The van der Waals surface area contributed by atoms with Gasteiger partial charge in [0.15, 0.2) is 0 Å². The van der Waals surface area contributed by atoms with Crippen LogP contribution in [0.2, 0.25) is 0 Å². The van der Waals surface area contributed by atoms with E-state index in [1.165, 1.54) is 127 Å². The molecule has 0 saturated heterocycles. The fourth-order valence-electron chi connectivity index (χ4n) is 11.7. The zero-order valence-electron chi connectivity index (χ0n) is 35.9. The smallest absolute Gasteiger partial charge is 0.0468 e. The Bertz CT molecular complexity index is 3350. The van der Waals surface area contributed by atoms with E-state index in [0.717, 1.165) is 0 Å². The van der Waals surface area contributed by atoms with Crippen LogP contribution in [-0.2, 0) is 16.2 Å². The van der Waals surface area contributed by atoms with Gasteiger partial charge in [-0.25, -0.2) is 0 Å². The molecule has 9 aromatic carbocycles. The second kappa shape index (κ2) is 11.9. The van der Waals surface area contributed by atoms with Crippen LogP contribution in [0.25, 0.3) is 65.7 Å². The molecule has 0 atom stereocenters. The van der Waals surface area contributed by atoms with Gasteiger partial charge in [-0.2, -0.15) is 0 Å². The van der Waals surface area contributed by atoms with Crippen molar-refractivity contribution in [3.63, 3.8) is 0 Å². The number of aryl methyl sites for hydroxylation is 2. The predicted molar refractivity (Wildman–Crippen MR) is 256 cm³/mol. The average Bonchev–Trinajstić information content (AvgIpc) is 3.69. The quantitative estimate of drug-likeness (QED) is 0.173. The summed E-state index contributed by atoms with van der Waals surface area (Å²) in [6.45, 7) is 18.9.